The number of aromatic nitrogens is 1. The highest BCUT2D eigenvalue weighted by molar-refractivity contribution is 5.74. The molecule has 0 atom stereocenters. The Morgan fingerprint density at radius 2 is 1.67 bits per heavy atom. The van der Waals surface area contributed by atoms with Gasteiger partial charge in [-0.15, -0.1) is 0 Å². The predicted molar refractivity (Wildman–Crippen MR) is 97.6 cm³/mol. The molecule has 3 aromatic rings. The smallest absolute Gasteiger partial charge is 0.295 e. The average molecular weight is 322 g/mol. The maximum Gasteiger partial charge on any atom is 0.295 e. The Balaban J connectivity index is 1.24. The zero-order valence-electron chi connectivity index (χ0n) is 13.7. The minimum absolute atomic E-state index is 0.610. The summed E-state index contributed by atoms with van der Waals surface area (Å²) < 4.78 is 5.68. The highest BCUT2D eigenvalue weighted by atomic mass is 16.4. The number of fused-ring (bicyclic) bond motifs is 1. The van der Waals surface area contributed by atoms with Gasteiger partial charge >= 0.3 is 0 Å². The second-order valence-corrected chi connectivity index (χ2v) is 6.08. The van der Waals surface area contributed by atoms with Crippen LogP contribution < -0.4 is 10.2 Å². The lowest BCUT2D eigenvalue weighted by molar-refractivity contribution is 0.267. The van der Waals surface area contributed by atoms with E-state index in [1.807, 2.05) is 24.3 Å². The van der Waals surface area contributed by atoms with Gasteiger partial charge in [-0.1, -0.05) is 30.3 Å². The lowest BCUT2D eigenvalue weighted by Crippen LogP contribution is -2.47. The van der Waals surface area contributed by atoms with Gasteiger partial charge in [0.05, 0.1) is 0 Å². The molecular weight excluding hydrogens is 300 g/mol. The van der Waals surface area contributed by atoms with Gasteiger partial charge in [-0.2, -0.15) is 4.98 Å². The average Bonchev–Trinajstić information content (AvgIpc) is 3.06. The maximum atomic E-state index is 5.68. The Bertz CT molecular complexity index is 745. The van der Waals surface area contributed by atoms with Gasteiger partial charge in [0.2, 0.25) is 0 Å². The van der Waals surface area contributed by atoms with Gasteiger partial charge in [0.25, 0.3) is 6.01 Å². The lowest BCUT2D eigenvalue weighted by Gasteiger charge is -2.36. The molecule has 2 aromatic carbocycles. The molecule has 1 aliphatic rings. The molecule has 1 N–H and O–H groups in total. The van der Waals surface area contributed by atoms with Crippen LogP contribution in [-0.2, 0) is 0 Å². The molecule has 1 aliphatic heterocycles. The predicted octanol–water partition coefficient (Wildman–Crippen LogP) is 3.06. The van der Waals surface area contributed by atoms with Gasteiger partial charge in [-0.05, 0) is 24.3 Å². The van der Waals surface area contributed by atoms with Crippen molar-refractivity contribution in [3.63, 3.8) is 0 Å². The van der Waals surface area contributed by atoms with E-state index in [0.29, 0.717) is 6.01 Å². The number of benzene rings is 2. The van der Waals surface area contributed by atoms with Crippen LogP contribution in [0.1, 0.15) is 0 Å². The highest BCUT2D eigenvalue weighted by Gasteiger charge is 2.16. The number of hydrogen-bond donors (Lipinski definition) is 1. The number of nitrogens with one attached hydrogen (secondary N) is 1. The summed E-state index contributed by atoms with van der Waals surface area (Å²) in [6, 6.07) is 19.1. The van der Waals surface area contributed by atoms with Crippen molar-refractivity contribution in [1.82, 2.24) is 9.88 Å². The first-order valence-electron chi connectivity index (χ1n) is 8.50. The van der Waals surface area contributed by atoms with Crippen molar-refractivity contribution >= 4 is 22.8 Å². The molecule has 1 aromatic heterocycles. The minimum atomic E-state index is 0.610. The van der Waals surface area contributed by atoms with E-state index in [4.69, 9.17) is 4.42 Å². The van der Waals surface area contributed by atoms with Crippen molar-refractivity contribution in [2.45, 2.75) is 0 Å². The summed E-state index contributed by atoms with van der Waals surface area (Å²) in [6.07, 6.45) is 0. The number of nitrogens with zero attached hydrogens (tertiary/aromatic N) is 3. The third-order valence-corrected chi connectivity index (χ3v) is 4.49. The topological polar surface area (TPSA) is 44.5 Å². The van der Waals surface area contributed by atoms with E-state index >= 15 is 0 Å². The number of para-hydroxylation sites is 3. The summed E-state index contributed by atoms with van der Waals surface area (Å²) in [5.74, 6) is 0. The van der Waals surface area contributed by atoms with Crippen LogP contribution >= 0.6 is 0 Å². The third kappa shape index (κ3) is 3.36. The highest BCUT2D eigenvalue weighted by Crippen LogP contribution is 2.18. The van der Waals surface area contributed by atoms with Crippen molar-refractivity contribution in [2.75, 3.05) is 49.5 Å². The van der Waals surface area contributed by atoms with E-state index in [9.17, 15) is 0 Å². The fourth-order valence-electron chi connectivity index (χ4n) is 3.14. The zero-order valence-corrected chi connectivity index (χ0v) is 13.7. The van der Waals surface area contributed by atoms with Gasteiger partial charge in [-0.3, -0.25) is 4.90 Å². The summed E-state index contributed by atoms with van der Waals surface area (Å²) in [6.45, 7) is 6.17. The van der Waals surface area contributed by atoms with Crippen LogP contribution in [0.3, 0.4) is 0 Å². The number of hydrogen-bond acceptors (Lipinski definition) is 5. The Morgan fingerprint density at radius 3 is 2.46 bits per heavy atom. The van der Waals surface area contributed by atoms with Crippen LogP contribution in [0.2, 0.25) is 0 Å². The minimum Gasteiger partial charge on any atom is -0.424 e. The summed E-state index contributed by atoms with van der Waals surface area (Å²) >= 11 is 0. The molecule has 4 rings (SSSR count). The summed E-state index contributed by atoms with van der Waals surface area (Å²) in [5.41, 5.74) is 3.05. The zero-order chi connectivity index (χ0) is 16.2. The number of anilines is 2. The molecular formula is C19H22N4O. The van der Waals surface area contributed by atoms with Gasteiger partial charge in [-0.25, -0.2) is 0 Å². The van der Waals surface area contributed by atoms with Crippen molar-refractivity contribution in [3.05, 3.63) is 54.6 Å². The summed E-state index contributed by atoms with van der Waals surface area (Å²) in [5, 5.41) is 3.29. The van der Waals surface area contributed by atoms with E-state index in [0.717, 1.165) is 50.4 Å². The van der Waals surface area contributed by atoms with Crippen LogP contribution in [0.15, 0.2) is 59.0 Å². The first-order valence-corrected chi connectivity index (χ1v) is 8.50. The Kier molecular flexibility index (Phi) is 4.34. The number of oxazole rings is 1. The lowest BCUT2D eigenvalue weighted by atomic mass is 10.2. The van der Waals surface area contributed by atoms with Crippen molar-refractivity contribution in [3.8, 4) is 0 Å². The molecule has 5 heteroatoms. The molecule has 0 amide bonds. The fraction of sp³-hybridized carbons (Fsp3) is 0.316. The molecule has 0 radical (unpaired) electrons. The van der Waals surface area contributed by atoms with E-state index in [1.165, 1.54) is 5.69 Å². The first kappa shape index (κ1) is 15.0. The van der Waals surface area contributed by atoms with Crippen LogP contribution in [0.5, 0.6) is 0 Å². The van der Waals surface area contributed by atoms with Crippen molar-refractivity contribution < 1.29 is 4.42 Å². The van der Waals surface area contributed by atoms with Crippen LogP contribution in [0.4, 0.5) is 11.7 Å². The van der Waals surface area contributed by atoms with Gasteiger partial charge < -0.3 is 14.6 Å². The van der Waals surface area contributed by atoms with Gasteiger partial charge in [0, 0.05) is 45.0 Å². The maximum absolute atomic E-state index is 5.68. The van der Waals surface area contributed by atoms with E-state index in [2.05, 4.69) is 50.4 Å². The van der Waals surface area contributed by atoms with E-state index < -0.39 is 0 Å². The normalized spacial score (nSPS) is 15.8. The monoisotopic (exact) mass is 322 g/mol. The molecule has 0 unspecified atom stereocenters. The Morgan fingerprint density at radius 1 is 0.917 bits per heavy atom. The number of rotatable bonds is 5. The quantitative estimate of drug-likeness (QED) is 0.782. The van der Waals surface area contributed by atoms with Crippen molar-refractivity contribution in [2.24, 2.45) is 0 Å². The molecule has 1 saturated heterocycles. The molecule has 124 valence electrons. The molecule has 0 saturated carbocycles. The second-order valence-electron chi connectivity index (χ2n) is 6.08. The number of piperazine rings is 1. The molecule has 2 heterocycles. The largest absolute Gasteiger partial charge is 0.424 e. The molecule has 24 heavy (non-hydrogen) atoms. The fourth-order valence-corrected chi connectivity index (χ4v) is 3.14. The van der Waals surface area contributed by atoms with Crippen LogP contribution in [0.25, 0.3) is 11.1 Å². The summed E-state index contributed by atoms with van der Waals surface area (Å²) in [4.78, 5) is 9.37. The molecule has 5 nitrogen and oxygen atoms in total. The van der Waals surface area contributed by atoms with Crippen molar-refractivity contribution in [1.29, 1.82) is 0 Å². The van der Waals surface area contributed by atoms with Gasteiger partial charge in [0.1, 0.15) is 5.52 Å². The van der Waals surface area contributed by atoms with E-state index in [-0.39, 0.29) is 0 Å². The SMILES string of the molecule is c1ccc(N2CCN(CCNc3nc4ccccc4o3)CC2)cc1. The second kappa shape index (κ2) is 6.93. The van der Waals surface area contributed by atoms with Crippen LogP contribution in [0, 0.1) is 0 Å². The molecule has 1 fully saturated rings. The standard InChI is InChI=1S/C19H22N4O/c1-2-6-16(7-3-1)23-14-12-22(13-15-23)11-10-20-19-21-17-8-4-5-9-18(17)24-19/h1-9H,10-15H2,(H,20,21). The Hall–Kier alpha value is -2.53. The van der Waals surface area contributed by atoms with Crippen LogP contribution in [-0.4, -0.2) is 49.2 Å². The summed E-state index contributed by atoms with van der Waals surface area (Å²) in [7, 11) is 0. The Labute approximate surface area is 141 Å². The van der Waals surface area contributed by atoms with Gasteiger partial charge in [0.15, 0.2) is 5.58 Å². The van der Waals surface area contributed by atoms with E-state index in [1.54, 1.807) is 0 Å². The first-order chi connectivity index (χ1) is 11.9. The molecule has 0 bridgehead atoms. The third-order valence-electron chi connectivity index (χ3n) is 4.49. The molecule has 0 aliphatic carbocycles. The molecule has 0 spiro atoms.